The molecule has 0 aromatic rings. The zero-order valence-electron chi connectivity index (χ0n) is 35.7. The molecule has 7 aliphatic rings. The van der Waals surface area contributed by atoms with Gasteiger partial charge in [-0.3, -0.25) is 9.80 Å². The first-order valence-electron chi connectivity index (χ1n) is 22.4. The van der Waals surface area contributed by atoms with Crippen LogP contribution in [0.2, 0.25) is 0 Å². The first-order chi connectivity index (χ1) is 23.8. The van der Waals surface area contributed by atoms with Gasteiger partial charge in [-0.1, -0.05) is 112 Å². The standard InChI is InChI=1S/C48H82N2O/c1-32-26-37(30-38(27-32)50-41-22-18-35(46(8,9)10)29-40(41)48(47(50,11)12)24-14-13-15-25-48)49(36-20-16-33(17-21-36)44(2,3)4)42-31-51-43-23-19-34(28-39(42)43)45(5,6)7/h16,19,23,32,34-43H,13-15,17-18,20-22,24-31H2,1-12H3. The number of likely N-dealkylation sites (tertiary alicyclic amines) is 1. The molecule has 0 bridgehead atoms. The van der Waals surface area contributed by atoms with E-state index in [0.717, 1.165) is 30.4 Å². The van der Waals surface area contributed by atoms with Crippen molar-refractivity contribution >= 4 is 0 Å². The second-order valence-electron chi connectivity index (χ2n) is 23.3. The van der Waals surface area contributed by atoms with Crippen LogP contribution in [0.25, 0.3) is 0 Å². The van der Waals surface area contributed by atoms with Crippen LogP contribution in [-0.2, 0) is 4.74 Å². The molecule has 0 radical (unpaired) electrons. The van der Waals surface area contributed by atoms with Gasteiger partial charge >= 0.3 is 0 Å². The summed E-state index contributed by atoms with van der Waals surface area (Å²) in [6, 6.07) is 3.32. The van der Waals surface area contributed by atoms with E-state index in [1.807, 2.05) is 0 Å². The molecule has 11 atom stereocenters. The lowest BCUT2D eigenvalue weighted by atomic mass is 9.54. The van der Waals surface area contributed by atoms with E-state index in [1.54, 1.807) is 5.57 Å². The summed E-state index contributed by atoms with van der Waals surface area (Å²) in [6.45, 7) is 31.4. The summed E-state index contributed by atoms with van der Waals surface area (Å²) in [5, 5.41) is 0. The number of hydrogen-bond donors (Lipinski definition) is 0. The van der Waals surface area contributed by atoms with Crippen LogP contribution >= 0.6 is 0 Å². The van der Waals surface area contributed by atoms with Crippen LogP contribution in [0.5, 0.6) is 0 Å². The van der Waals surface area contributed by atoms with Gasteiger partial charge in [0.1, 0.15) is 0 Å². The van der Waals surface area contributed by atoms with Gasteiger partial charge in [0.05, 0.1) is 12.7 Å². The molecule has 5 aliphatic carbocycles. The predicted molar refractivity (Wildman–Crippen MR) is 217 cm³/mol. The lowest BCUT2D eigenvalue weighted by Crippen LogP contribution is -2.61. The van der Waals surface area contributed by atoms with Gasteiger partial charge in [-0.15, -0.1) is 0 Å². The van der Waals surface area contributed by atoms with Crippen LogP contribution in [0.3, 0.4) is 0 Å². The van der Waals surface area contributed by atoms with Gasteiger partial charge in [0, 0.05) is 41.7 Å². The summed E-state index contributed by atoms with van der Waals surface area (Å²) < 4.78 is 6.78. The Balaban J connectivity index is 1.22. The number of rotatable bonds is 4. The first kappa shape index (κ1) is 38.6. The zero-order valence-corrected chi connectivity index (χ0v) is 35.7. The molecule has 0 amide bonds. The first-order valence-corrected chi connectivity index (χ1v) is 22.4. The quantitative estimate of drug-likeness (QED) is 0.271. The van der Waals surface area contributed by atoms with Gasteiger partial charge in [-0.05, 0) is 136 Å². The molecule has 0 aromatic carbocycles. The van der Waals surface area contributed by atoms with E-state index < -0.39 is 0 Å². The highest BCUT2D eigenvalue weighted by Gasteiger charge is 2.66. The van der Waals surface area contributed by atoms with Crippen molar-refractivity contribution in [1.29, 1.82) is 0 Å². The molecule has 2 heterocycles. The third-order valence-corrected chi connectivity index (χ3v) is 17.1. The van der Waals surface area contributed by atoms with Crippen LogP contribution in [-0.4, -0.2) is 58.3 Å². The molecule has 2 saturated heterocycles. The Morgan fingerprint density at radius 3 is 2.14 bits per heavy atom. The Morgan fingerprint density at radius 2 is 1.51 bits per heavy atom. The highest BCUT2D eigenvalue weighted by atomic mass is 16.5. The molecule has 0 aromatic heterocycles. The van der Waals surface area contributed by atoms with E-state index in [0.29, 0.717) is 58.4 Å². The molecule has 3 heteroatoms. The van der Waals surface area contributed by atoms with Gasteiger partial charge in [-0.25, -0.2) is 0 Å². The van der Waals surface area contributed by atoms with E-state index in [4.69, 9.17) is 4.74 Å². The third-order valence-electron chi connectivity index (χ3n) is 17.1. The van der Waals surface area contributed by atoms with Crippen LogP contribution in [0.1, 0.15) is 179 Å². The molecular formula is C48H82N2O. The average molecular weight is 703 g/mol. The molecule has 290 valence electrons. The number of nitrogens with zero attached hydrogens (tertiary/aromatic N) is 2. The van der Waals surface area contributed by atoms with Gasteiger partial charge < -0.3 is 4.74 Å². The number of ether oxygens (including phenoxy) is 1. The minimum Gasteiger partial charge on any atom is -0.372 e. The van der Waals surface area contributed by atoms with Crippen LogP contribution < -0.4 is 0 Å². The number of allylic oxidation sites excluding steroid dienone is 2. The highest BCUT2D eigenvalue weighted by Crippen LogP contribution is 2.65. The fraction of sp³-hybridized carbons (Fsp3) is 0.917. The molecule has 1 spiro atoms. The monoisotopic (exact) mass is 703 g/mol. The molecule has 3 saturated carbocycles. The summed E-state index contributed by atoms with van der Waals surface area (Å²) >= 11 is 0. The zero-order chi connectivity index (χ0) is 36.7. The van der Waals surface area contributed by atoms with E-state index in [9.17, 15) is 0 Å². The molecule has 51 heavy (non-hydrogen) atoms. The van der Waals surface area contributed by atoms with E-state index >= 15 is 0 Å². The largest absolute Gasteiger partial charge is 0.372 e. The Labute approximate surface area is 316 Å². The van der Waals surface area contributed by atoms with Gasteiger partial charge in [0.15, 0.2) is 0 Å². The SMILES string of the molecule is CC1CC(N(C2CC=C(C(C)(C)C)CC2)C2COC3C=CC(C(C)(C)C)CC32)CC(N2C3CCC(C(C)(C)C)CC3C3(CCCCC3)C2(C)C)C1. The van der Waals surface area contributed by atoms with Crippen LogP contribution in [0, 0.1) is 51.2 Å². The molecule has 7 rings (SSSR count). The van der Waals surface area contributed by atoms with Crippen LogP contribution in [0.15, 0.2) is 23.8 Å². The summed E-state index contributed by atoms with van der Waals surface area (Å²) in [4.78, 5) is 6.48. The van der Waals surface area contributed by atoms with E-state index in [1.165, 1.54) is 96.3 Å². The highest BCUT2D eigenvalue weighted by molar-refractivity contribution is 5.20. The maximum absolute atomic E-state index is 6.78. The van der Waals surface area contributed by atoms with Crippen molar-refractivity contribution in [2.45, 2.75) is 221 Å². The molecule has 5 fully saturated rings. The Hall–Kier alpha value is -0.640. The second kappa shape index (κ2) is 13.8. The fourth-order valence-corrected chi connectivity index (χ4v) is 14.2. The average Bonchev–Trinajstić information content (AvgIpc) is 3.54. The Morgan fingerprint density at radius 1 is 0.784 bits per heavy atom. The topological polar surface area (TPSA) is 15.7 Å². The predicted octanol–water partition coefficient (Wildman–Crippen LogP) is 12.3. The second-order valence-corrected chi connectivity index (χ2v) is 23.3. The van der Waals surface area contributed by atoms with Gasteiger partial charge in [0.2, 0.25) is 0 Å². The Bertz CT molecular complexity index is 1280. The fourth-order valence-electron chi connectivity index (χ4n) is 14.2. The van der Waals surface area contributed by atoms with Crippen molar-refractivity contribution in [3.63, 3.8) is 0 Å². The molecule has 0 N–H and O–H groups in total. The maximum atomic E-state index is 6.78. The molecular weight excluding hydrogens is 621 g/mol. The van der Waals surface area contributed by atoms with Crippen molar-refractivity contribution < 1.29 is 4.74 Å². The smallest absolute Gasteiger partial charge is 0.0800 e. The minimum atomic E-state index is 0.275. The summed E-state index contributed by atoms with van der Waals surface area (Å²) in [5.41, 5.74) is 3.48. The van der Waals surface area contributed by atoms with Gasteiger partial charge in [0.25, 0.3) is 0 Å². The third kappa shape index (κ3) is 7.04. The molecule has 3 nitrogen and oxygen atoms in total. The molecule has 2 aliphatic heterocycles. The van der Waals surface area contributed by atoms with Crippen molar-refractivity contribution in [3.8, 4) is 0 Å². The Kier molecular flexibility index (Phi) is 10.5. The van der Waals surface area contributed by atoms with Crippen LogP contribution in [0.4, 0.5) is 0 Å². The maximum Gasteiger partial charge on any atom is 0.0800 e. The number of hydrogen-bond acceptors (Lipinski definition) is 3. The lowest BCUT2D eigenvalue weighted by Gasteiger charge is -2.55. The lowest BCUT2D eigenvalue weighted by molar-refractivity contribution is -0.0496. The summed E-state index contributed by atoms with van der Waals surface area (Å²) in [7, 11) is 0. The van der Waals surface area contributed by atoms with Gasteiger partial charge in [-0.2, -0.15) is 0 Å². The minimum absolute atomic E-state index is 0.275. The van der Waals surface area contributed by atoms with Crippen molar-refractivity contribution in [2.24, 2.45) is 51.2 Å². The van der Waals surface area contributed by atoms with Crippen molar-refractivity contribution in [1.82, 2.24) is 9.80 Å². The normalized spacial score (nSPS) is 41.8. The van der Waals surface area contributed by atoms with E-state index in [2.05, 4.69) is 111 Å². The molecule has 11 unspecified atom stereocenters. The van der Waals surface area contributed by atoms with Crippen molar-refractivity contribution in [2.75, 3.05) is 6.61 Å². The summed E-state index contributed by atoms with van der Waals surface area (Å²) in [5.74, 6) is 3.78. The van der Waals surface area contributed by atoms with Crippen molar-refractivity contribution in [3.05, 3.63) is 23.8 Å². The number of fused-ring (bicyclic) bond motifs is 3. The summed E-state index contributed by atoms with van der Waals surface area (Å²) in [6.07, 6.45) is 28.9. The van der Waals surface area contributed by atoms with E-state index in [-0.39, 0.29) is 11.0 Å².